The lowest BCUT2D eigenvalue weighted by Gasteiger charge is -2.17. The number of aryl methyl sites for hydroxylation is 1. The van der Waals surface area contributed by atoms with Crippen LogP contribution >= 0.6 is 0 Å². The number of hydrogen-bond donors (Lipinski definition) is 2. The fourth-order valence-corrected chi connectivity index (χ4v) is 3.34. The van der Waals surface area contributed by atoms with Gasteiger partial charge in [0.15, 0.2) is 0 Å². The van der Waals surface area contributed by atoms with Crippen LogP contribution in [-0.2, 0) is 21.2 Å². The molecule has 1 amide bonds. The first-order chi connectivity index (χ1) is 12.2. The first-order valence-electron chi connectivity index (χ1n) is 8.43. The van der Waals surface area contributed by atoms with E-state index in [1.54, 1.807) is 19.1 Å². The monoisotopic (exact) mass is 375 g/mol. The number of nitrogens with zero attached hydrogens (tertiary/aromatic N) is 1. The number of benzene rings is 2. The lowest BCUT2D eigenvalue weighted by molar-refractivity contribution is -0.116. The van der Waals surface area contributed by atoms with Crippen molar-refractivity contribution >= 4 is 27.3 Å². The van der Waals surface area contributed by atoms with E-state index in [1.807, 2.05) is 24.3 Å². The Labute approximate surface area is 155 Å². The average Bonchev–Trinajstić information content (AvgIpc) is 2.61. The fourth-order valence-electron chi connectivity index (χ4n) is 2.39. The van der Waals surface area contributed by atoms with E-state index in [1.165, 1.54) is 31.8 Å². The van der Waals surface area contributed by atoms with E-state index in [9.17, 15) is 13.2 Å². The van der Waals surface area contributed by atoms with Gasteiger partial charge in [0.25, 0.3) is 0 Å². The van der Waals surface area contributed by atoms with Gasteiger partial charge in [-0.05, 0) is 49.2 Å². The minimum absolute atomic E-state index is 0.136. The molecular weight excluding hydrogens is 350 g/mol. The summed E-state index contributed by atoms with van der Waals surface area (Å²) in [5.41, 5.74) is 2.49. The summed E-state index contributed by atoms with van der Waals surface area (Å²) < 4.78 is 25.6. The zero-order valence-corrected chi connectivity index (χ0v) is 16.3. The number of rotatable bonds is 7. The maximum absolute atomic E-state index is 12.4. The zero-order valence-electron chi connectivity index (χ0n) is 15.5. The average molecular weight is 375 g/mol. The van der Waals surface area contributed by atoms with Crippen molar-refractivity contribution in [2.45, 2.75) is 31.2 Å². The Balaban J connectivity index is 2.09. The quantitative estimate of drug-likeness (QED) is 0.780. The van der Waals surface area contributed by atoms with Gasteiger partial charge in [-0.15, -0.1) is 0 Å². The largest absolute Gasteiger partial charge is 0.374 e. The highest BCUT2D eigenvalue weighted by Crippen LogP contribution is 2.19. The molecule has 140 valence electrons. The standard InChI is InChI=1S/C19H25N3O3S/c1-5-15-8-6-9-16(12-15)20-14(2)19(23)21-17-10-7-11-18(13-17)26(24,25)22(3)4/h6-14,20H,5H2,1-4H3,(H,21,23)/t14-/m0/s1. The van der Waals surface area contributed by atoms with Crippen molar-refractivity contribution in [2.75, 3.05) is 24.7 Å². The summed E-state index contributed by atoms with van der Waals surface area (Å²) in [5, 5.41) is 5.92. The molecule has 2 aromatic rings. The van der Waals surface area contributed by atoms with Crippen LogP contribution in [0.15, 0.2) is 53.4 Å². The second-order valence-electron chi connectivity index (χ2n) is 6.22. The van der Waals surface area contributed by atoms with Gasteiger partial charge in [-0.3, -0.25) is 4.79 Å². The molecule has 0 aliphatic carbocycles. The molecule has 0 aliphatic rings. The van der Waals surface area contributed by atoms with Crippen molar-refractivity contribution in [3.63, 3.8) is 0 Å². The van der Waals surface area contributed by atoms with Crippen LogP contribution in [0.5, 0.6) is 0 Å². The molecule has 0 bridgehead atoms. The molecule has 2 aromatic carbocycles. The number of hydrogen-bond acceptors (Lipinski definition) is 4. The van der Waals surface area contributed by atoms with Gasteiger partial charge in [0, 0.05) is 25.5 Å². The number of sulfonamides is 1. The second-order valence-corrected chi connectivity index (χ2v) is 8.38. The molecule has 0 spiro atoms. The Kier molecular flexibility index (Phi) is 6.39. The first-order valence-corrected chi connectivity index (χ1v) is 9.87. The molecule has 0 unspecified atom stereocenters. The molecule has 1 atom stereocenters. The molecule has 0 radical (unpaired) electrons. The molecule has 0 fully saturated rings. The van der Waals surface area contributed by atoms with E-state index >= 15 is 0 Å². The molecule has 2 N–H and O–H groups in total. The van der Waals surface area contributed by atoms with Crippen LogP contribution in [0, 0.1) is 0 Å². The van der Waals surface area contributed by atoms with Crippen molar-refractivity contribution in [3.8, 4) is 0 Å². The van der Waals surface area contributed by atoms with Gasteiger partial charge in [-0.1, -0.05) is 25.1 Å². The van der Waals surface area contributed by atoms with E-state index in [-0.39, 0.29) is 10.8 Å². The molecular formula is C19H25N3O3S. The summed E-state index contributed by atoms with van der Waals surface area (Å²) in [6, 6.07) is 13.7. The summed E-state index contributed by atoms with van der Waals surface area (Å²) >= 11 is 0. The van der Waals surface area contributed by atoms with Gasteiger partial charge in [0.05, 0.1) is 4.90 Å². The van der Waals surface area contributed by atoms with E-state index < -0.39 is 16.1 Å². The van der Waals surface area contributed by atoms with Crippen LogP contribution < -0.4 is 10.6 Å². The topological polar surface area (TPSA) is 78.5 Å². The number of anilines is 2. The predicted octanol–water partition coefficient (Wildman–Crippen LogP) is 2.94. The van der Waals surface area contributed by atoms with E-state index in [0.717, 1.165) is 16.4 Å². The molecule has 0 saturated carbocycles. The van der Waals surface area contributed by atoms with E-state index in [0.29, 0.717) is 5.69 Å². The highest BCUT2D eigenvalue weighted by Gasteiger charge is 2.18. The molecule has 0 saturated heterocycles. The van der Waals surface area contributed by atoms with Crippen LogP contribution in [0.2, 0.25) is 0 Å². The van der Waals surface area contributed by atoms with Crippen molar-refractivity contribution in [1.82, 2.24) is 4.31 Å². The number of amides is 1. The normalized spacial score (nSPS) is 12.7. The summed E-state index contributed by atoms with van der Waals surface area (Å²) in [4.78, 5) is 12.6. The lowest BCUT2D eigenvalue weighted by Crippen LogP contribution is -2.32. The third-order valence-corrected chi connectivity index (χ3v) is 5.80. The van der Waals surface area contributed by atoms with E-state index in [2.05, 4.69) is 17.6 Å². The molecule has 0 heterocycles. The van der Waals surface area contributed by atoms with Crippen molar-refractivity contribution in [3.05, 3.63) is 54.1 Å². The first kappa shape index (κ1) is 19.9. The highest BCUT2D eigenvalue weighted by molar-refractivity contribution is 7.89. The van der Waals surface area contributed by atoms with E-state index in [4.69, 9.17) is 0 Å². The maximum Gasteiger partial charge on any atom is 0.246 e. The SMILES string of the molecule is CCc1cccc(N[C@@H](C)C(=O)Nc2cccc(S(=O)(=O)N(C)C)c2)c1. The van der Waals surface area contributed by atoms with Gasteiger partial charge in [0.1, 0.15) is 6.04 Å². The number of carbonyl (C=O) groups is 1. The van der Waals surface area contributed by atoms with Gasteiger partial charge in [-0.2, -0.15) is 0 Å². The molecule has 2 rings (SSSR count). The summed E-state index contributed by atoms with van der Waals surface area (Å²) in [5.74, 6) is -0.244. The van der Waals surface area contributed by atoms with Gasteiger partial charge < -0.3 is 10.6 Å². The maximum atomic E-state index is 12.4. The second kappa shape index (κ2) is 8.33. The van der Waals surface area contributed by atoms with Crippen molar-refractivity contribution in [2.24, 2.45) is 0 Å². The fraction of sp³-hybridized carbons (Fsp3) is 0.316. The third-order valence-electron chi connectivity index (χ3n) is 3.99. The molecule has 0 aromatic heterocycles. The van der Waals surface area contributed by atoms with Crippen molar-refractivity contribution in [1.29, 1.82) is 0 Å². The van der Waals surface area contributed by atoms with Crippen LogP contribution in [-0.4, -0.2) is 38.8 Å². The Hall–Kier alpha value is -2.38. The Bertz CT molecular complexity index is 879. The summed E-state index contributed by atoms with van der Waals surface area (Å²) in [6.07, 6.45) is 0.920. The highest BCUT2D eigenvalue weighted by atomic mass is 32.2. The summed E-state index contributed by atoms with van der Waals surface area (Å²) in [7, 11) is -0.607. The number of carbonyl (C=O) groups excluding carboxylic acids is 1. The van der Waals surface area contributed by atoms with Gasteiger partial charge in [0.2, 0.25) is 15.9 Å². The molecule has 0 aliphatic heterocycles. The van der Waals surface area contributed by atoms with Gasteiger partial charge in [-0.25, -0.2) is 12.7 Å². The molecule has 6 nitrogen and oxygen atoms in total. The summed E-state index contributed by atoms with van der Waals surface area (Å²) in [6.45, 7) is 3.83. The Morgan fingerprint density at radius 2 is 1.73 bits per heavy atom. The zero-order chi connectivity index (χ0) is 19.3. The lowest BCUT2D eigenvalue weighted by atomic mass is 10.1. The Morgan fingerprint density at radius 1 is 1.08 bits per heavy atom. The minimum Gasteiger partial charge on any atom is -0.374 e. The Morgan fingerprint density at radius 3 is 2.38 bits per heavy atom. The third kappa shape index (κ3) is 4.83. The molecule has 26 heavy (non-hydrogen) atoms. The minimum atomic E-state index is -3.55. The van der Waals surface area contributed by atoms with Crippen molar-refractivity contribution < 1.29 is 13.2 Å². The smallest absolute Gasteiger partial charge is 0.246 e. The predicted molar refractivity (Wildman–Crippen MR) is 105 cm³/mol. The van der Waals surface area contributed by atoms with Crippen LogP contribution in [0.25, 0.3) is 0 Å². The molecule has 7 heteroatoms. The number of nitrogens with one attached hydrogen (secondary N) is 2. The van der Waals surface area contributed by atoms with Crippen LogP contribution in [0.1, 0.15) is 19.4 Å². The van der Waals surface area contributed by atoms with Crippen LogP contribution in [0.3, 0.4) is 0 Å². The van der Waals surface area contributed by atoms with Gasteiger partial charge >= 0.3 is 0 Å². The van der Waals surface area contributed by atoms with Crippen LogP contribution in [0.4, 0.5) is 11.4 Å².